The number of piperidine rings is 1. The Morgan fingerprint density at radius 2 is 1.62 bits per heavy atom. The highest BCUT2D eigenvalue weighted by atomic mass is 31.2. The molecule has 5 nitrogen and oxygen atoms in total. The number of hydroxylamine groups is 2. The van der Waals surface area contributed by atoms with Crippen molar-refractivity contribution in [3.63, 3.8) is 0 Å². The van der Waals surface area contributed by atoms with Gasteiger partial charge in [-0.1, -0.05) is 24.3 Å². The molecule has 1 aliphatic rings. The van der Waals surface area contributed by atoms with Crippen molar-refractivity contribution in [1.82, 2.24) is 5.06 Å². The van der Waals surface area contributed by atoms with E-state index in [2.05, 4.69) is 32.8 Å². The molecule has 0 bridgehead atoms. The van der Waals surface area contributed by atoms with Crippen LogP contribution in [-0.4, -0.2) is 25.9 Å². The van der Waals surface area contributed by atoms with Crippen LogP contribution < -0.4 is 0 Å². The van der Waals surface area contributed by atoms with Gasteiger partial charge in [0.25, 0.3) is 0 Å². The fourth-order valence-corrected chi connectivity index (χ4v) is 4.30. The van der Waals surface area contributed by atoms with Gasteiger partial charge in [0.15, 0.2) is 0 Å². The van der Waals surface area contributed by atoms with E-state index in [9.17, 15) is 4.57 Å². The van der Waals surface area contributed by atoms with E-state index in [1.165, 1.54) is 6.42 Å². The van der Waals surface area contributed by atoms with Crippen molar-refractivity contribution in [2.75, 3.05) is 0 Å². The van der Waals surface area contributed by atoms with Gasteiger partial charge in [0.1, 0.15) is 6.10 Å². The van der Waals surface area contributed by atoms with E-state index < -0.39 is 7.60 Å². The Hall–Kier alpha value is -0.710. The summed E-state index contributed by atoms with van der Waals surface area (Å²) in [5.74, 6) is 0. The van der Waals surface area contributed by atoms with Crippen LogP contribution in [0.15, 0.2) is 24.3 Å². The minimum atomic E-state index is -4.03. The van der Waals surface area contributed by atoms with Crippen molar-refractivity contribution >= 4 is 7.60 Å². The van der Waals surface area contributed by atoms with Crippen LogP contribution in [-0.2, 0) is 15.6 Å². The Kier molecular flexibility index (Phi) is 5.63. The molecule has 1 aromatic carbocycles. The van der Waals surface area contributed by atoms with E-state index in [1.54, 1.807) is 12.1 Å². The second-order valence-electron chi connectivity index (χ2n) is 8.08. The molecular formula is C18H30NO4P. The summed E-state index contributed by atoms with van der Waals surface area (Å²) < 4.78 is 11.1. The van der Waals surface area contributed by atoms with Crippen molar-refractivity contribution in [2.45, 2.75) is 77.2 Å². The first-order valence-electron chi connectivity index (χ1n) is 8.51. The average Bonchev–Trinajstić information content (AvgIpc) is 2.41. The summed E-state index contributed by atoms with van der Waals surface area (Å²) in [5, 5.41) is 2.14. The molecule has 1 heterocycles. The van der Waals surface area contributed by atoms with E-state index in [-0.39, 0.29) is 23.3 Å². The standard InChI is InChI=1S/C18H30NO4P/c1-14(16-9-7-15(8-10-16)13-24(20,21)22)23-19-17(2,3)11-6-12-18(19,4)5/h7-10,14H,6,11-13H2,1-5H3,(H2,20,21,22). The Labute approximate surface area is 145 Å². The van der Waals surface area contributed by atoms with Crippen LogP contribution in [0.1, 0.15) is 71.1 Å². The molecule has 1 atom stereocenters. The molecule has 0 radical (unpaired) electrons. The van der Waals surface area contributed by atoms with Crippen molar-refractivity contribution in [3.05, 3.63) is 35.4 Å². The lowest BCUT2D eigenvalue weighted by Crippen LogP contribution is -2.58. The second-order valence-corrected chi connectivity index (χ2v) is 9.73. The SMILES string of the molecule is CC(ON1C(C)(C)CCCC1(C)C)c1ccc(CP(=O)(O)O)cc1. The minimum absolute atomic E-state index is 0.0175. The average molecular weight is 355 g/mol. The molecule has 1 fully saturated rings. The van der Waals surface area contributed by atoms with Crippen molar-refractivity contribution in [3.8, 4) is 0 Å². The van der Waals surface area contributed by atoms with Gasteiger partial charge in [0.2, 0.25) is 0 Å². The predicted octanol–water partition coefficient (Wildman–Crippen LogP) is 4.40. The van der Waals surface area contributed by atoms with Crippen molar-refractivity contribution in [2.24, 2.45) is 0 Å². The maximum Gasteiger partial charge on any atom is 0.329 e. The zero-order chi connectivity index (χ0) is 18.2. The zero-order valence-corrected chi connectivity index (χ0v) is 16.2. The highest BCUT2D eigenvalue weighted by Gasteiger charge is 2.43. The summed E-state index contributed by atoms with van der Waals surface area (Å²) in [7, 11) is -4.03. The van der Waals surface area contributed by atoms with Crippen molar-refractivity contribution in [1.29, 1.82) is 0 Å². The maximum absolute atomic E-state index is 11.1. The first-order chi connectivity index (χ1) is 10.9. The summed E-state index contributed by atoms with van der Waals surface area (Å²) in [6.07, 6.45) is 3.06. The lowest BCUT2D eigenvalue weighted by Gasteiger charge is -2.52. The van der Waals surface area contributed by atoms with Gasteiger partial charge >= 0.3 is 7.60 Å². The van der Waals surface area contributed by atoms with Crippen LogP contribution in [0.2, 0.25) is 0 Å². The molecule has 0 saturated carbocycles. The first-order valence-corrected chi connectivity index (χ1v) is 10.3. The van der Waals surface area contributed by atoms with Gasteiger partial charge in [-0.05, 0) is 65.0 Å². The highest BCUT2D eigenvalue weighted by Crippen LogP contribution is 2.41. The molecule has 6 heteroatoms. The van der Waals surface area contributed by atoms with Crippen LogP contribution in [0.25, 0.3) is 0 Å². The zero-order valence-electron chi connectivity index (χ0n) is 15.3. The van der Waals surface area contributed by atoms with Gasteiger partial charge in [-0.25, -0.2) is 0 Å². The van der Waals surface area contributed by atoms with Gasteiger partial charge in [-0.2, -0.15) is 5.06 Å². The summed E-state index contributed by atoms with van der Waals surface area (Å²) in [5.41, 5.74) is 1.60. The van der Waals surface area contributed by atoms with Crippen LogP contribution >= 0.6 is 7.60 Å². The van der Waals surface area contributed by atoms with E-state index in [4.69, 9.17) is 14.6 Å². The third kappa shape index (κ3) is 4.90. The lowest BCUT2D eigenvalue weighted by atomic mass is 9.82. The minimum Gasteiger partial charge on any atom is -0.324 e. The van der Waals surface area contributed by atoms with E-state index in [0.717, 1.165) is 18.4 Å². The Morgan fingerprint density at radius 1 is 1.12 bits per heavy atom. The molecule has 136 valence electrons. The molecule has 0 aromatic heterocycles. The number of benzene rings is 1. The van der Waals surface area contributed by atoms with Gasteiger partial charge in [0, 0.05) is 11.1 Å². The molecule has 1 aliphatic heterocycles. The van der Waals surface area contributed by atoms with Crippen LogP contribution in [0.5, 0.6) is 0 Å². The highest BCUT2D eigenvalue weighted by molar-refractivity contribution is 7.50. The monoisotopic (exact) mass is 355 g/mol. The summed E-state index contributed by atoms with van der Waals surface area (Å²) >= 11 is 0. The third-order valence-electron chi connectivity index (χ3n) is 4.78. The molecular weight excluding hydrogens is 325 g/mol. The molecule has 2 rings (SSSR count). The summed E-state index contributed by atoms with van der Waals surface area (Å²) in [4.78, 5) is 24.5. The number of hydrogen-bond donors (Lipinski definition) is 2. The van der Waals surface area contributed by atoms with E-state index in [1.807, 2.05) is 19.1 Å². The van der Waals surface area contributed by atoms with Crippen LogP contribution in [0, 0.1) is 0 Å². The fraction of sp³-hybridized carbons (Fsp3) is 0.667. The van der Waals surface area contributed by atoms with E-state index in [0.29, 0.717) is 5.56 Å². The largest absolute Gasteiger partial charge is 0.329 e. The predicted molar refractivity (Wildman–Crippen MR) is 95.5 cm³/mol. The van der Waals surface area contributed by atoms with Gasteiger partial charge in [-0.3, -0.25) is 9.40 Å². The quantitative estimate of drug-likeness (QED) is 0.766. The van der Waals surface area contributed by atoms with E-state index >= 15 is 0 Å². The number of rotatable bonds is 5. The Bertz CT molecular complexity index is 590. The normalized spacial score (nSPS) is 22.3. The first kappa shape index (κ1) is 19.6. The van der Waals surface area contributed by atoms with Crippen molar-refractivity contribution < 1.29 is 19.2 Å². The van der Waals surface area contributed by atoms with Gasteiger partial charge in [0.05, 0.1) is 6.16 Å². The third-order valence-corrected chi connectivity index (χ3v) is 5.56. The molecule has 24 heavy (non-hydrogen) atoms. The lowest BCUT2D eigenvalue weighted by molar-refractivity contribution is -0.304. The topological polar surface area (TPSA) is 70.0 Å². The molecule has 0 amide bonds. The second kappa shape index (κ2) is 6.89. The molecule has 1 unspecified atom stereocenters. The Balaban J connectivity index is 2.11. The Morgan fingerprint density at radius 3 is 2.08 bits per heavy atom. The molecule has 1 saturated heterocycles. The molecule has 1 aromatic rings. The van der Waals surface area contributed by atoms with Crippen LogP contribution in [0.3, 0.4) is 0 Å². The summed E-state index contributed by atoms with van der Waals surface area (Å²) in [6.45, 7) is 10.9. The molecule has 0 aliphatic carbocycles. The summed E-state index contributed by atoms with van der Waals surface area (Å²) in [6, 6.07) is 7.31. The smallest absolute Gasteiger partial charge is 0.324 e. The number of hydrogen-bond acceptors (Lipinski definition) is 3. The number of nitrogens with zero attached hydrogens (tertiary/aromatic N) is 1. The van der Waals surface area contributed by atoms with Gasteiger partial charge in [-0.15, -0.1) is 0 Å². The van der Waals surface area contributed by atoms with Crippen LogP contribution in [0.4, 0.5) is 0 Å². The molecule has 2 N–H and O–H groups in total. The fourth-order valence-electron chi connectivity index (χ4n) is 3.61. The molecule has 0 spiro atoms. The van der Waals surface area contributed by atoms with Gasteiger partial charge < -0.3 is 9.79 Å². The maximum atomic E-state index is 11.1.